The van der Waals surface area contributed by atoms with Gasteiger partial charge in [-0.2, -0.15) is 0 Å². The maximum absolute atomic E-state index is 13.2. The molecule has 1 aromatic carbocycles. The molecule has 3 heterocycles. The van der Waals surface area contributed by atoms with Crippen LogP contribution in [0.2, 0.25) is 0 Å². The largest absolute Gasteiger partial charge is 0.346 e. The second kappa shape index (κ2) is 7.07. The zero-order valence-corrected chi connectivity index (χ0v) is 14.9. The second-order valence-corrected chi connectivity index (χ2v) is 6.48. The first kappa shape index (κ1) is 17.0. The summed E-state index contributed by atoms with van der Waals surface area (Å²) in [4.78, 5) is 31.8. The number of carbonyl (C=O) groups excluding carboxylic acids is 2. The lowest BCUT2D eigenvalue weighted by molar-refractivity contribution is 0.0731. The van der Waals surface area contributed by atoms with Gasteiger partial charge < -0.3 is 10.2 Å². The lowest BCUT2D eigenvalue weighted by Gasteiger charge is -2.28. The highest BCUT2D eigenvalue weighted by Gasteiger charge is 2.27. The maximum Gasteiger partial charge on any atom is 0.287 e. The van der Waals surface area contributed by atoms with Crippen LogP contribution in [-0.2, 0) is 13.0 Å². The Morgan fingerprint density at radius 3 is 2.74 bits per heavy atom. The van der Waals surface area contributed by atoms with E-state index in [1.54, 1.807) is 21.6 Å². The van der Waals surface area contributed by atoms with E-state index >= 15 is 0 Å². The molecule has 2 amide bonds. The summed E-state index contributed by atoms with van der Waals surface area (Å²) in [5.41, 5.74) is 3.37. The van der Waals surface area contributed by atoms with Gasteiger partial charge in [-0.3, -0.25) is 14.0 Å². The predicted molar refractivity (Wildman–Crippen MR) is 103 cm³/mol. The molecule has 6 nitrogen and oxygen atoms in total. The highest BCUT2D eigenvalue weighted by Crippen LogP contribution is 2.22. The molecule has 0 atom stereocenters. The second-order valence-electron chi connectivity index (χ2n) is 6.48. The Kier molecular flexibility index (Phi) is 4.46. The van der Waals surface area contributed by atoms with E-state index < -0.39 is 0 Å². The van der Waals surface area contributed by atoms with Crippen LogP contribution in [0.25, 0.3) is 5.52 Å². The van der Waals surface area contributed by atoms with E-state index in [9.17, 15) is 9.59 Å². The van der Waals surface area contributed by atoms with Crippen LogP contribution in [0.15, 0.2) is 61.3 Å². The number of aromatic nitrogens is 2. The third-order valence-electron chi connectivity index (χ3n) is 4.78. The molecule has 0 saturated carbocycles. The third-order valence-corrected chi connectivity index (χ3v) is 4.78. The van der Waals surface area contributed by atoms with Crippen LogP contribution in [0.1, 0.15) is 32.2 Å². The van der Waals surface area contributed by atoms with Gasteiger partial charge in [0, 0.05) is 25.8 Å². The van der Waals surface area contributed by atoms with Gasteiger partial charge in [0.2, 0.25) is 5.82 Å². The number of pyridine rings is 1. The first-order chi connectivity index (χ1) is 13.2. The normalized spacial score (nSPS) is 13.3. The summed E-state index contributed by atoms with van der Waals surface area (Å²) >= 11 is 0. The lowest BCUT2D eigenvalue weighted by Crippen LogP contribution is -2.36. The topological polar surface area (TPSA) is 66.7 Å². The van der Waals surface area contributed by atoms with Gasteiger partial charge >= 0.3 is 0 Å². The van der Waals surface area contributed by atoms with Crippen molar-refractivity contribution in [1.29, 1.82) is 0 Å². The molecular weight excluding hydrogens is 340 g/mol. The molecule has 0 fully saturated rings. The number of fused-ring (bicyclic) bond motifs is 2. The van der Waals surface area contributed by atoms with Crippen LogP contribution < -0.4 is 5.32 Å². The van der Waals surface area contributed by atoms with Gasteiger partial charge in [0.15, 0.2) is 5.69 Å². The number of carbonyl (C=O) groups is 2. The van der Waals surface area contributed by atoms with Gasteiger partial charge in [-0.05, 0) is 29.7 Å². The van der Waals surface area contributed by atoms with E-state index in [-0.39, 0.29) is 17.6 Å². The van der Waals surface area contributed by atoms with Crippen molar-refractivity contribution >= 4 is 17.3 Å². The lowest BCUT2D eigenvalue weighted by atomic mass is 10.00. The highest BCUT2D eigenvalue weighted by molar-refractivity contribution is 6.02. The van der Waals surface area contributed by atoms with Crippen LogP contribution in [0.4, 0.5) is 0 Å². The summed E-state index contributed by atoms with van der Waals surface area (Å²) in [6.45, 7) is 5.13. The number of hydrogen-bond donors (Lipinski definition) is 1. The number of benzene rings is 1. The van der Waals surface area contributed by atoms with Gasteiger partial charge in [-0.1, -0.05) is 36.4 Å². The molecule has 1 aliphatic rings. The van der Waals surface area contributed by atoms with Crippen molar-refractivity contribution < 1.29 is 9.59 Å². The molecule has 0 spiro atoms. The van der Waals surface area contributed by atoms with Gasteiger partial charge in [0.05, 0.1) is 5.52 Å². The zero-order valence-electron chi connectivity index (χ0n) is 14.9. The van der Waals surface area contributed by atoms with E-state index in [1.807, 2.05) is 36.4 Å². The molecule has 2 aromatic heterocycles. The molecular formula is C21H20N4O2. The SMILES string of the molecule is C=CCNC(=O)c1nc(C(=O)N2CCc3ccccc3C2)c2ccccn12. The number of nitrogens with zero attached hydrogens (tertiary/aromatic N) is 3. The summed E-state index contributed by atoms with van der Waals surface area (Å²) in [5.74, 6) is -0.289. The van der Waals surface area contributed by atoms with Crippen LogP contribution in [0.3, 0.4) is 0 Å². The molecule has 0 bridgehead atoms. The van der Waals surface area contributed by atoms with Gasteiger partial charge in [0.1, 0.15) is 0 Å². The van der Waals surface area contributed by atoms with E-state index in [1.165, 1.54) is 5.56 Å². The Morgan fingerprint density at radius 1 is 1.15 bits per heavy atom. The quantitative estimate of drug-likeness (QED) is 0.727. The summed E-state index contributed by atoms with van der Waals surface area (Å²) in [6, 6.07) is 13.6. The minimum atomic E-state index is -0.334. The molecule has 27 heavy (non-hydrogen) atoms. The Bertz CT molecular complexity index is 1040. The standard InChI is InChI=1S/C21H20N4O2/c1-2-11-22-20(26)19-23-18(17-9-5-6-12-25(17)19)21(27)24-13-10-15-7-3-4-8-16(15)14-24/h2-9,12H,1,10-11,13-14H2,(H,22,26). The third kappa shape index (κ3) is 3.10. The Balaban J connectivity index is 1.68. The van der Waals surface area contributed by atoms with Gasteiger partial charge in [0.25, 0.3) is 11.8 Å². The smallest absolute Gasteiger partial charge is 0.287 e. The molecule has 0 unspecified atom stereocenters. The fourth-order valence-electron chi connectivity index (χ4n) is 3.42. The average Bonchev–Trinajstić information content (AvgIpc) is 3.11. The van der Waals surface area contributed by atoms with E-state index in [0.29, 0.717) is 30.8 Å². The Hall–Kier alpha value is -3.41. The van der Waals surface area contributed by atoms with Gasteiger partial charge in [-0.25, -0.2) is 4.98 Å². The summed E-state index contributed by atoms with van der Waals surface area (Å²) in [6.07, 6.45) is 4.17. The summed E-state index contributed by atoms with van der Waals surface area (Å²) < 4.78 is 1.66. The predicted octanol–water partition coefficient (Wildman–Crippen LogP) is 2.45. The van der Waals surface area contributed by atoms with Crippen molar-refractivity contribution in [3.63, 3.8) is 0 Å². The first-order valence-electron chi connectivity index (χ1n) is 8.91. The monoisotopic (exact) mass is 360 g/mol. The molecule has 6 heteroatoms. The molecule has 0 aliphatic carbocycles. The molecule has 1 N–H and O–H groups in total. The van der Waals surface area contributed by atoms with E-state index in [2.05, 4.69) is 22.9 Å². The van der Waals surface area contributed by atoms with Crippen molar-refractivity contribution in [2.24, 2.45) is 0 Å². The Labute approximate surface area is 157 Å². The van der Waals surface area contributed by atoms with E-state index in [4.69, 9.17) is 0 Å². The van der Waals surface area contributed by atoms with Crippen LogP contribution in [0, 0.1) is 0 Å². The number of rotatable bonds is 4. The van der Waals surface area contributed by atoms with Crippen LogP contribution >= 0.6 is 0 Å². The summed E-state index contributed by atoms with van der Waals surface area (Å²) in [5, 5.41) is 2.72. The number of hydrogen-bond acceptors (Lipinski definition) is 3. The minimum absolute atomic E-state index is 0.157. The molecule has 0 saturated heterocycles. The maximum atomic E-state index is 13.2. The number of amides is 2. The zero-order chi connectivity index (χ0) is 18.8. The molecule has 4 rings (SSSR count). The molecule has 1 aliphatic heterocycles. The molecule has 136 valence electrons. The average molecular weight is 360 g/mol. The van der Waals surface area contributed by atoms with E-state index in [0.717, 1.165) is 12.0 Å². The van der Waals surface area contributed by atoms with Gasteiger partial charge in [-0.15, -0.1) is 6.58 Å². The van der Waals surface area contributed by atoms with Crippen LogP contribution in [-0.4, -0.2) is 39.2 Å². The minimum Gasteiger partial charge on any atom is -0.346 e. The fourth-order valence-corrected chi connectivity index (χ4v) is 3.42. The number of nitrogens with one attached hydrogen (secondary N) is 1. The van der Waals surface area contributed by atoms with Crippen molar-refractivity contribution in [3.05, 3.63) is 84.0 Å². The molecule has 0 radical (unpaired) electrons. The molecule has 3 aromatic rings. The fraction of sp³-hybridized carbons (Fsp3) is 0.190. The number of imidazole rings is 1. The first-order valence-corrected chi connectivity index (χ1v) is 8.91. The van der Waals surface area contributed by atoms with Crippen molar-refractivity contribution in [2.45, 2.75) is 13.0 Å². The van der Waals surface area contributed by atoms with Crippen LogP contribution in [0.5, 0.6) is 0 Å². The van der Waals surface area contributed by atoms with Crippen molar-refractivity contribution in [2.75, 3.05) is 13.1 Å². The Morgan fingerprint density at radius 2 is 1.93 bits per heavy atom. The van der Waals surface area contributed by atoms with Crippen molar-refractivity contribution in [3.8, 4) is 0 Å². The highest BCUT2D eigenvalue weighted by atomic mass is 16.2. The van der Waals surface area contributed by atoms with Crippen molar-refractivity contribution in [1.82, 2.24) is 19.6 Å². The summed E-state index contributed by atoms with van der Waals surface area (Å²) in [7, 11) is 0.